The van der Waals surface area contributed by atoms with Crippen molar-refractivity contribution >= 4 is 15.2 Å². The molecule has 0 saturated carbocycles. The molecule has 0 aromatic rings. The molecule has 0 bridgehead atoms. The molecule has 0 rings (SSSR count). The zero-order valence-corrected chi connectivity index (χ0v) is 8.14. The zero-order chi connectivity index (χ0) is 7.11. The molecule has 1 radical (unpaired) electrons. The van der Waals surface area contributed by atoms with Gasteiger partial charge >= 0.3 is 0 Å². The van der Waals surface area contributed by atoms with Gasteiger partial charge in [0, 0.05) is 0 Å². The van der Waals surface area contributed by atoms with Gasteiger partial charge in [-0.25, -0.2) is 0 Å². The molecule has 0 aliphatic rings. The minimum atomic E-state index is 0.734. The van der Waals surface area contributed by atoms with E-state index in [2.05, 4.69) is 19.6 Å². The van der Waals surface area contributed by atoms with Gasteiger partial charge in [-0.3, -0.25) is 0 Å². The summed E-state index contributed by atoms with van der Waals surface area (Å²) < 4.78 is 1.10. The highest BCUT2D eigenvalue weighted by molar-refractivity contribution is 6.35. The minimum Gasteiger partial charge on any atom is -0.115 e. The Morgan fingerprint density at radius 2 is 1.56 bits per heavy atom. The Morgan fingerprint density at radius 1 is 1.11 bits per heavy atom. The first-order valence-electron chi connectivity index (χ1n) is 4.14. The van der Waals surface area contributed by atoms with Gasteiger partial charge in [-0.1, -0.05) is 44.3 Å². The van der Waals surface area contributed by atoms with E-state index in [4.69, 9.17) is 0 Å². The molecule has 0 amide bonds. The molecule has 0 atom stereocenters. The summed E-state index contributed by atoms with van der Waals surface area (Å²) >= 11 is 0.734. The van der Waals surface area contributed by atoms with E-state index < -0.39 is 0 Å². The predicted molar refractivity (Wildman–Crippen MR) is 45.2 cm³/mol. The molecule has 9 heavy (non-hydrogen) atoms. The van der Waals surface area contributed by atoms with Crippen molar-refractivity contribution in [1.82, 2.24) is 0 Å². The highest BCUT2D eigenvalue weighted by Gasteiger charge is 2.02. The summed E-state index contributed by atoms with van der Waals surface area (Å²) in [6.07, 6.45) is 5.70. The third-order valence-corrected chi connectivity index (χ3v) is 3.40. The maximum atomic E-state index is 2.38. The highest BCUT2D eigenvalue weighted by atomic mass is 27.1. The first kappa shape index (κ1) is 9.53. The molecule has 0 aromatic carbocycles. The molecule has 53 valence electrons. The molecule has 0 heterocycles. The van der Waals surface area contributed by atoms with Crippen molar-refractivity contribution in [3.63, 3.8) is 0 Å². The summed E-state index contributed by atoms with van der Waals surface area (Å²) in [5.41, 5.74) is 0. The van der Waals surface area contributed by atoms with Crippen LogP contribution >= 0.6 is 0 Å². The Hall–Kier alpha value is 0.532. The van der Waals surface area contributed by atoms with Gasteiger partial charge in [-0.05, 0) is 0 Å². The quantitative estimate of drug-likeness (QED) is 0.516. The van der Waals surface area contributed by atoms with Crippen molar-refractivity contribution in [3.8, 4) is 0 Å². The van der Waals surface area contributed by atoms with Crippen molar-refractivity contribution < 1.29 is 0 Å². The van der Waals surface area contributed by atoms with Gasteiger partial charge in [0.15, 0.2) is 0 Å². The standard InChI is InChI=1S/C7H15.CH3.Al/c1-3-5-7-6-4-2;;/h7H,3-6H2,1-2H3;1H3;. The molecule has 0 saturated heterocycles. The maximum absolute atomic E-state index is 2.38. The van der Waals surface area contributed by atoms with Crippen LogP contribution in [0.25, 0.3) is 0 Å². The summed E-state index contributed by atoms with van der Waals surface area (Å²) in [6, 6.07) is 0. The van der Waals surface area contributed by atoms with Gasteiger partial charge in [0.1, 0.15) is 0 Å². The molecular formula is C8H18Al. The lowest BCUT2D eigenvalue weighted by Crippen LogP contribution is -1.98. The van der Waals surface area contributed by atoms with Gasteiger partial charge < -0.3 is 0 Å². The van der Waals surface area contributed by atoms with E-state index in [9.17, 15) is 0 Å². The second-order valence-electron chi connectivity index (χ2n) is 2.67. The van der Waals surface area contributed by atoms with E-state index in [1.807, 2.05) is 0 Å². The smallest absolute Gasteiger partial charge is 0.115 e. The summed E-state index contributed by atoms with van der Waals surface area (Å²) in [5, 5.41) is 0. The molecule has 0 nitrogen and oxygen atoms in total. The van der Waals surface area contributed by atoms with Gasteiger partial charge in [0.05, 0.1) is 0 Å². The molecule has 0 aliphatic carbocycles. The summed E-state index contributed by atoms with van der Waals surface area (Å²) in [6.45, 7) is 4.58. The average molecular weight is 141 g/mol. The van der Waals surface area contributed by atoms with E-state index in [1.165, 1.54) is 25.7 Å². The van der Waals surface area contributed by atoms with Crippen LogP contribution < -0.4 is 0 Å². The van der Waals surface area contributed by atoms with Crippen LogP contribution in [0.15, 0.2) is 0 Å². The fraction of sp³-hybridized carbons (Fsp3) is 1.00. The molecule has 0 spiro atoms. The SMILES string of the molecule is CCC[CH](CCC)[Al][CH3]. The Balaban J connectivity index is 3.18. The van der Waals surface area contributed by atoms with Gasteiger partial charge in [-0.15, -0.1) is 5.79 Å². The summed E-state index contributed by atoms with van der Waals surface area (Å²) in [7, 11) is 0. The van der Waals surface area contributed by atoms with Crippen LogP contribution in [0.5, 0.6) is 0 Å². The fourth-order valence-corrected chi connectivity index (χ4v) is 2.55. The lowest BCUT2D eigenvalue weighted by atomic mass is 10.1. The Labute approximate surface area is 65.7 Å². The van der Waals surface area contributed by atoms with Gasteiger partial charge in [0.2, 0.25) is 15.2 Å². The second kappa shape index (κ2) is 6.65. The maximum Gasteiger partial charge on any atom is 0.200 e. The van der Waals surface area contributed by atoms with E-state index in [0.29, 0.717) is 0 Å². The van der Waals surface area contributed by atoms with Crippen LogP contribution in [0.3, 0.4) is 0 Å². The van der Waals surface area contributed by atoms with Crippen LogP contribution in [0.1, 0.15) is 39.5 Å². The third kappa shape index (κ3) is 5.00. The lowest BCUT2D eigenvalue weighted by molar-refractivity contribution is 0.649. The largest absolute Gasteiger partial charge is 0.200 e. The number of hydrogen-bond acceptors (Lipinski definition) is 0. The van der Waals surface area contributed by atoms with E-state index in [0.717, 1.165) is 20.0 Å². The average Bonchev–Trinajstić information content (AvgIpc) is 1.88. The van der Waals surface area contributed by atoms with Crippen LogP contribution in [0, 0.1) is 0 Å². The molecule has 0 unspecified atom stereocenters. The van der Waals surface area contributed by atoms with Crippen molar-refractivity contribution in [1.29, 1.82) is 0 Å². The van der Waals surface area contributed by atoms with Gasteiger partial charge in [-0.2, -0.15) is 0 Å². The molecule has 0 aliphatic heterocycles. The molecular weight excluding hydrogens is 123 g/mol. The number of hydrogen-bond donors (Lipinski definition) is 0. The Bertz CT molecular complexity index is 46.5. The zero-order valence-electron chi connectivity index (χ0n) is 6.98. The number of rotatable bonds is 5. The molecule has 1 heteroatoms. The molecule has 0 N–H and O–H groups in total. The van der Waals surface area contributed by atoms with E-state index in [-0.39, 0.29) is 0 Å². The first-order chi connectivity index (χ1) is 4.35. The van der Waals surface area contributed by atoms with Crippen molar-refractivity contribution in [2.75, 3.05) is 0 Å². The lowest BCUT2D eigenvalue weighted by Gasteiger charge is -2.09. The molecule has 0 aromatic heterocycles. The van der Waals surface area contributed by atoms with Crippen LogP contribution in [-0.4, -0.2) is 15.2 Å². The molecule has 0 fully saturated rings. The van der Waals surface area contributed by atoms with Crippen molar-refractivity contribution in [3.05, 3.63) is 0 Å². The van der Waals surface area contributed by atoms with Crippen LogP contribution in [0.2, 0.25) is 10.6 Å². The Kier molecular flexibility index (Phi) is 7.04. The fourth-order valence-electron chi connectivity index (χ4n) is 1.22. The third-order valence-electron chi connectivity index (χ3n) is 1.79. The van der Waals surface area contributed by atoms with Crippen LogP contribution in [-0.2, 0) is 0 Å². The van der Waals surface area contributed by atoms with Crippen molar-refractivity contribution in [2.24, 2.45) is 0 Å². The van der Waals surface area contributed by atoms with Crippen molar-refractivity contribution in [2.45, 2.75) is 50.1 Å². The highest BCUT2D eigenvalue weighted by Crippen LogP contribution is 2.17. The van der Waals surface area contributed by atoms with Gasteiger partial charge in [0.25, 0.3) is 0 Å². The Morgan fingerprint density at radius 3 is 1.78 bits per heavy atom. The predicted octanol–water partition coefficient (Wildman–Crippen LogP) is 3.13. The normalized spacial score (nSPS) is 10.2. The van der Waals surface area contributed by atoms with Crippen LogP contribution in [0.4, 0.5) is 0 Å². The first-order valence-corrected chi connectivity index (χ1v) is 5.96. The second-order valence-corrected chi connectivity index (χ2v) is 4.28. The summed E-state index contributed by atoms with van der Waals surface area (Å²) in [5.74, 6) is 2.38. The summed E-state index contributed by atoms with van der Waals surface area (Å²) in [4.78, 5) is 0. The topological polar surface area (TPSA) is 0 Å². The van der Waals surface area contributed by atoms with E-state index in [1.54, 1.807) is 0 Å². The van der Waals surface area contributed by atoms with E-state index >= 15 is 0 Å². The minimum absolute atomic E-state index is 0.734. The monoisotopic (exact) mass is 141 g/mol.